The average molecular weight is 184 g/mol. The van der Waals surface area contributed by atoms with E-state index in [4.69, 9.17) is 11.6 Å². The Balaban J connectivity index is 4.95. The maximum Gasteiger partial charge on any atom is 0.434 e. The summed E-state index contributed by atoms with van der Waals surface area (Å²) in [6.07, 6.45) is -3.70. The van der Waals surface area contributed by atoms with Gasteiger partial charge in [0.1, 0.15) is 0 Å². The molecule has 0 aromatic rings. The Morgan fingerprint density at radius 3 is 2.00 bits per heavy atom. The zero-order chi connectivity index (χ0) is 9.07. The van der Waals surface area contributed by atoms with E-state index in [0.29, 0.717) is 0 Å². The Morgan fingerprint density at radius 2 is 1.91 bits per heavy atom. The first-order valence-corrected chi connectivity index (χ1v) is 2.87. The highest BCUT2D eigenvalue weighted by Gasteiger charge is 2.35. The smallest absolute Gasteiger partial charge is 0.258 e. The van der Waals surface area contributed by atoms with Crippen molar-refractivity contribution in [3.05, 3.63) is 23.4 Å². The van der Waals surface area contributed by atoms with Gasteiger partial charge < -0.3 is 0 Å². The van der Waals surface area contributed by atoms with E-state index in [-0.39, 0.29) is 0 Å². The van der Waals surface area contributed by atoms with Crippen LogP contribution in [-0.4, -0.2) is 12.9 Å². The predicted molar refractivity (Wildman–Crippen MR) is 38.7 cm³/mol. The highest BCUT2D eigenvalue weighted by Crippen LogP contribution is 2.30. The maximum atomic E-state index is 11.8. The second-order valence-corrected chi connectivity index (χ2v) is 1.96. The fraction of sp³-hybridized carbons (Fsp3) is 0.167. The predicted octanol–water partition coefficient (Wildman–Crippen LogP) is 2.89. The fourth-order valence-corrected chi connectivity index (χ4v) is 0.564. The summed E-state index contributed by atoms with van der Waals surface area (Å²) in [7, 11) is 0. The molecule has 0 fully saturated rings. The molecule has 1 nitrogen and oxygen atoms in total. The quantitative estimate of drug-likeness (QED) is 0.461. The van der Waals surface area contributed by atoms with Gasteiger partial charge in [0.2, 0.25) is 0 Å². The number of allylic oxidation sites excluding steroid dienone is 3. The third kappa shape index (κ3) is 2.76. The summed E-state index contributed by atoms with van der Waals surface area (Å²) < 4.78 is 35.5. The normalized spacial score (nSPS) is 13.8. The fourth-order valence-electron chi connectivity index (χ4n) is 0.397. The number of hydrogen-bond acceptors (Lipinski definition) is 1. The van der Waals surface area contributed by atoms with Crippen molar-refractivity contribution < 1.29 is 13.2 Å². The van der Waals surface area contributed by atoms with Gasteiger partial charge in [0.15, 0.2) is 5.70 Å². The van der Waals surface area contributed by atoms with Gasteiger partial charge in [0.25, 0.3) is 0 Å². The van der Waals surface area contributed by atoms with Crippen LogP contribution in [0.15, 0.2) is 28.4 Å². The topological polar surface area (TPSA) is 12.4 Å². The molecule has 0 aromatic heterocycles. The molecule has 0 atom stereocenters. The summed E-state index contributed by atoms with van der Waals surface area (Å²) in [5.74, 6) is 0. The van der Waals surface area contributed by atoms with Gasteiger partial charge in [-0.25, -0.2) is 0 Å². The van der Waals surface area contributed by atoms with E-state index in [9.17, 15) is 13.2 Å². The van der Waals surface area contributed by atoms with Crippen LogP contribution in [0, 0.1) is 0 Å². The van der Waals surface area contributed by atoms with Crippen molar-refractivity contribution in [2.45, 2.75) is 6.18 Å². The number of hydrogen-bond donors (Lipinski definition) is 0. The summed E-state index contributed by atoms with van der Waals surface area (Å²) in [6, 6.07) is 0. The van der Waals surface area contributed by atoms with Gasteiger partial charge in [-0.15, -0.1) is 0 Å². The van der Waals surface area contributed by atoms with Gasteiger partial charge >= 0.3 is 6.18 Å². The van der Waals surface area contributed by atoms with Crippen LogP contribution in [0.5, 0.6) is 0 Å². The average Bonchev–Trinajstić information content (AvgIpc) is 1.86. The van der Waals surface area contributed by atoms with Crippen LogP contribution in [-0.2, 0) is 0 Å². The molecule has 0 N–H and O–H groups in total. The summed E-state index contributed by atoms with van der Waals surface area (Å²) in [5.41, 5.74) is -1.21. The number of rotatable bonds is 2. The van der Waals surface area contributed by atoms with Crippen molar-refractivity contribution in [2.24, 2.45) is 4.99 Å². The monoisotopic (exact) mass is 183 g/mol. The second kappa shape index (κ2) is 3.57. The van der Waals surface area contributed by atoms with Crippen molar-refractivity contribution in [1.82, 2.24) is 0 Å². The van der Waals surface area contributed by atoms with Crippen LogP contribution < -0.4 is 0 Å². The molecule has 0 heterocycles. The Morgan fingerprint density at radius 1 is 1.45 bits per heavy atom. The lowest BCUT2D eigenvalue weighted by molar-refractivity contribution is -0.0924. The lowest BCUT2D eigenvalue weighted by atomic mass is 10.4. The van der Waals surface area contributed by atoms with E-state index in [1.807, 2.05) is 0 Å². The molecular weight excluding hydrogens is 179 g/mol. The number of aliphatic imine (C=N–C) groups is 1. The lowest BCUT2D eigenvalue weighted by Gasteiger charge is -2.06. The molecule has 0 aliphatic heterocycles. The zero-order valence-corrected chi connectivity index (χ0v) is 6.21. The van der Waals surface area contributed by atoms with Crippen molar-refractivity contribution in [3.63, 3.8) is 0 Å². The molecule has 0 radical (unpaired) electrons. The molecule has 0 saturated carbocycles. The van der Waals surface area contributed by atoms with Crippen LogP contribution >= 0.6 is 11.6 Å². The minimum absolute atomic E-state index is 0.549. The minimum Gasteiger partial charge on any atom is -0.258 e. The summed E-state index contributed by atoms with van der Waals surface area (Å²) in [5, 5.41) is -0.549. The van der Waals surface area contributed by atoms with E-state index in [1.165, 1.54) is 0 Å². The van der Waals surface area contributed by atoms with Gasteiger partial charge in [-0.1, -0.05) is 18.2 Å². The van der Waals surface area contributed by atoms with Crippen molar-refractivity contribution in [3.8, 4) is 0 Å². The Hall–Kier alpha value is -0.770. The van der Waals surface area contributed by atoms with Crippen LogP contribution in [0.2, 0.25) is 0 Å². The third-order valence-electron chi connectivity index (χ3n) is 0.832. The molecule has 0 aliphatic carbocycles. The number of alkyl halides is 3. The molecule has 0 bridgehead atoms. The molecule has 0 amide bonds. The molecule has 0 rings (SSSR count). The highest BCUT2D eigenvalue weighted by atomic mass is 35.5. The lowest BCUT2D eigenvalue weighted by Crippen LogP contribution is -2.10. The largest absolute Gasteiger partial charge is 0.434 e. The first-order valence-electron chi connectivity index (χ1n) is 2.49. The van der Waals surface area contributed by atoms with Gasteiger partial charge in [-0.2, -0.15) is 13.2 Å². The molecular formula is C6H5ClF3N. The number of nitrogens with zero attached hydrogens (tertiary/aromatic N) is 1. The van der Waals surface area contributed by atoms with E-state index in [1.54, 1.807) is 0 Å². The number of halogens is 4. The van der Waals surface area contributed by atoms with E-state index in [0.717, 1.165) is 6.08 Å². The van der Waals surface area contributed by atoms with Crippen LogP contribution in [0.25, 0.3) is 0 Å². The van der Waals surface area contributed by atoms with Crippen molar-refractivity contribution in [2.75, 3.05) is 0 Å². The van der Waals surface area contributed by atoms with Crippen molar-refractivity contribution in [1.29, 1.82) is 0 Å². The summed E-state index contributed by atoms with van der Waals surface area (Å²) >= 11 is 5.12. The third-order valence-corrected chi connectivity index (χ3v) is 1.17. The van der Waals surface area contributed by atoms with Gasteiger partial charge in [0.05, 0.1) is 5.03 Å². The first kappa shape index (κ1) is 10.2. The summed E-state index contributed by atoms with van der Waals surface area (Å²) in [6.45, 7) is 5.80. The Labute approximate surface area is 66.9 Å². The van der Waals surface area contributed by atoms with E-state index < -0.39 is 16.9 Å². The van der Waals surface area contributed by atoms with Crippen LogP contribution in [0.3, 0.4) is 0 Å². The maximum absolute atomic E-state index is 11.8. The minimum atomic E-state index is -4.56. The Kier molecular flexibility index (Phi) is 3.32. The molecule has 0 aromatic carbocycles. The molecule has 62 valence electrons. The standard InChI is InChI=1S/C6H5ClF3N/c1-3-4(7)5(11-2)6(8,9)10/h3H,1-2H2/b5-4+. The van der Waals surface area contributed by atoms with E-state index >= 15 is 0 Å². The molecule has 5 heteroatoms. The second-order valence-electron chi connectivity index (χ2n) is 1.56. The molecule has 0 saturated heterocycles. The van der Waals surface area contributed by atoms with Crippen LogP contribution in [0.4, 0.5) is 13.2 Å². The molecule has 0 spiro atoms. The SMILES string of the molecule is C=C/C(Cl)=C(\N=C)C(F)(F)F. The van der Waals surface area contributed by atoms with E-state index in [2.05, 4.69) is 18.3 Å². The van der Waals surface area contributed by atoms with Gasteiger partial charge in [0, 0.05) is 0 Å². The molecule has 0 aliphatic rings. The van der Waals surface area contributed by atoms with Crippen molar-refractivity contribution >= 4 is 18.3 Å². The zero-order valence-electron chi connectivity index (χ0n) is 5.45. The summed E-state index contributed by atoms with van der Waals surface area (Å²) in [4.78, 5) is 2.73. The molecule has 11 heavy (non-hydrogen) atoms. The van der Waals surface area contributed by atoms with Crippen LogP contribution in [0.1, 0.15) is 0 Å². The highest BCUT2D eigenvalue weighted by molar-refractivity contribution is 6.31. The Bertz CT molecular complexity index is 204. The van der Waals surface area contributed by atoms with Gasteiger partial charge in [-0.3, -0.25) is 4.99 Å². The first-order chi connectivity index (χ1) is 4.93. The molecule has 0 unspecified atom stereocenters. The van der Waals surface area contributed by atoms with Gasteiger partial charge in [-0.05, 0) is 12.8 Å².